The van der Waals surface area contributed by atoms with Crippen LogP contribution >= 0.6 is 11.6 Å². The number of carbonyl (C=O) groups excluding carboxylic acids is 1. The maximum Gasteiger partial charge on any atom is 0.269 e. The first-order valence-corrected chi connectivity index (χ1v) is 12.1. The van der Waals surface area contributed by atoms with Gasteiger partial charge in [-0.15, -0.1) is 0 Å². The molecule has 3 atom stereocenters. The Morgan fingerprint density at radius 2 is 1.94 bits per heavy atom. The molecule has 2 aromatic carbocycles. The standard InChI is InChI=1S/C26H28ClN3O3/c1-29(16-7-3-2-4-8-16)26(31)21-12-6-11-19-18-9-5-10-20(18)25(28-24(19)21)22-15-17(30(32)33)13-14-23(22)27/h5-6,9,11-16,18,20,25,28H,2-4,7-8,10H2,1H3. The molecule has 3 aliphatic rings. The maximum absolute atomic E-state index is 13.6. The molecule has 0 spiro atoms. The smallest absolute Gasteiger partial charge is 0.269 e. The molecule has 1 N–H and O–H groups in total. The van der Waals surface area contributed by atoms with Crippen molar-refractivity contribution in [3.63, 3.8) is 0 Å². The monoisotopic (exact) mass is 465 g/mol. The van der Waals surface area contributed by atoms with Crippen molar-refractivity contribution in [1.29, 1.82) is 0 Å². The minimum Gasteiger partial charge on any atom is -0.377 e. The van der Waals surface area contributed by atoms with Crippen LogP contribution in [-0.2, 0) is 0 Å². The highest BCUT2D eigenvalue weighted by Gasteiger charge is 2.41. The van der Waals surface area contributed by atoms with Crippen LogP contribution in [0.4, 0.5) is 11.4 Å². The van der Waals surface area contributed by atoms with E-state index in [1.165, 1.54) is 12.5 Å². The molecule has 1 fully saturated rings. The first-order chi connectivity index (χ1) is 16.0. The number of nitrogens with one attached hydrogen (secondary N) is 1. The molecule has 6 nitrogen and oxygen atoms in total. The van der Waals surface area contributed by atoms with Crippen LogP contribution in [0, 0.1) is 16.0 Å². The summed E-state index contributed by atoms with van der Waals surface area (Å²) in [5.41, 5.74) is 3.31. The normalized spacial score (nSPS) is 24.0. The van der Waals surface area contributed by atoms with Gasteiger partial charge in [-0.1, -0.05) is 55.1 Å². The van der Waals surface area contributed by atoms with Crippen LogP contribution in [0.15, 0.2) is 48.6 Å². The molecule has 33 heavy (non-hydrogen) atoms. The molecule has 1 saturated carbocycles. The highest BCUT2D eigenvalue weighted by atomic mass is 35.5. The summed E-state index contributed by atoms with van der Waals surface area (Å²) >= 11 is 6.55. The molecule has 5 rings (SSSR count). The second-order valence-corrected chi connectivity index (χ2v) is 9.82. The van der Waals surface area contributed by atoms with Crippen molar-refractivity contribution in [3.8, 4) is 0 Å². The Labute approximate surface area is 198 Å². The molecule has 1 heterocycles. The van der Waals surface area contributed by atoms with Crippen LogP contribution in [0.25, 0.3) is 0 Å². The Balaban J connectivity index is 1.55. The number of para-hydroxylation sites is 1. The number of carbonyl (C=O) groups is 1. The fourth-order valence-electron chi connectivity index (χ4n) is 5.81. The van der Waals surface area contributed by atoms with Gasteiger partial charge >= 0.3 is 0 Å². The molecule has 0 radical (unpaired) electrons. The van der Waals surface area contributed by atoms with Crippen LogP contribution in [-0.4, -0.2) is 28.8 Å². The number of nitro benzene ring substituents is 1. The fraction of sp³-hybridized carbons (Fsp3) is 0.423. The van der Waals surface area contributed by atoms with Crippen LogP contribution < -0.4 is 5.32 Å². The summed E-state index contributed by atoms with van der Waals surface area (Å²) in [5.74, 6) is 0.336. The number of anilines is 1. The highest BCUT2D eigenvalue weighted by Crippen LogP contribution is 2.52. The number of fused-ring (bicyclic) bond motifs is 3. The van der Waals surface area contributed by atoms with Gasteiger partial charge in [0, 0.05) is 41.7 Å². The summed E-state index contributed by atoms with van der Waals surface area (Å²) in [4.78, 5) is 26.5. The number of nitrogens with zero attached hydrogens (tertiary/aromatic N) is 2. The molecule has 3 unspecified atom stereocenters. The molecule has 1 amide bonds. The zero-order chi connectivity index (χ0) is 23.1. The molecule has 0 saturated heterocycles. The minimum atomic E-state index is -0.394. The zero-order valence-corrected chi connectivity index (χ0v) is 19.4. The van der Waals surface area contributed by atoms with Crippen LogP contribution in [0.5, 0.6) is 0 Å². The van der Waals surface area contributed by atoms with Gasteiger partial charge in [-0.3, -0.25) is 14.9 Å². The highest BCUT2D eigenvalue weighted by molar-refractivity contribution is 6.31. The Bertz CT molecular complexity index is 1130. The van der Waals surface area contributed by atoms with Gasteiger partial charge in [0.25, 0.3) is 11.6 Å². The molecule has 0 aromatic heterocycles. The molecule has 0 bridgehead atoms. The summed E-state index contributed by atoms with van der Waals surface area (Å²) in [6.45, 7) is 0. The minimum absolute atomic E-state index is 0.0193. The molecular formula is C26H28ClN3O3. The molecule has 2 aliphatic carbocycles. The Kier molecular flexibility index (Phi) is 5.87. The molecule has 2 aromatic rings. The lowest BCUT2D eigenvalue weighted by Crippen LogP contribution is -2.39. The summed E-state index contributed by atoms with van der Waals surface area (Å²) in [5, 5.41) is 15.5. The second kappa shape index (κ2) is 8.82. The summed E-state index contributed by atoms with van der Waals surface area (Å²) < 4.78 is 0. The molecule has 1 aliphatic heterocycles. The third-order valence-corrected chi connectivity index (χ3v) is 7.94. The van der Waals surface area contributed by atoms with E-state index < -0.39 is 4.92 Å². The summed E-state index contributed by atoms with van der Waals surface area (Å²) in [6, 6.07) is 10.6. The third-order valence-electron chi connectivity index (χ3n) is 7.60. The van der Waals surface area contributed by atoms with E-state index >= 15 is 0 Å². The first-order valence-electron chi connectivity index (χ1n) is 11.7. The first kappa shape index (κ1) is 22.0. The quantitative estimate of drug-likeness (QED) is 0.318. The number of benzene rings is 2. The molecule has 7 heteroatoms. The van der Waals surface area contributed by atoms with E-state index in [0.717, 1.165) is 43.4 Å². The number of halogens is 1. The van der Waals surface area contributed by atoms with Gasteiger partial charge < -0.3 is 10.2 Å². The van der Waals surface area contributed by atoms with Gasteiger partial charge in [0.1, 0.15) is 0 Å². The Morgan fingerprint density at radius 3 is 2.70 bits per heavy atom. The van der Waals surface area contributed by atoms with E-state index in [9.17, 15) is 14.9 Å². The predicted octanol–water partition coefficient (Wildman–Crippen LogP) is 6.48. The zero-order valence-electron chi connectivity index (χ0n) is 18.7. The van der Waals surface area contributed by atoms with E-state index in [-0.39, 0.29) is 35.5 Å². The largest absolute Gasteiger partial charge is 0.377 e. The van der Waals surface area contributed by atoms with Crippen LogP contribution in [0.2, 0.25) is 5.02 Å². The van der Waals surface area contributed by atoms with E-state index in [0.29, 0.717) is 16.1 Å². The number of amides is 1. The van der Waals surface area contributed by atoms with Crippen molar-refractivity contribution in [2.45, 2.75) is 56.5 Å². The molecule has 172 valence electrons. The Hall–Kier alpha value is -2.86. The van der Waals surface area contributed by atoms with E-state index in [1.54, 1.807) is 12.1 Å². The van der Waals surface area contributed by atoms with Crippen molar-refractivity contribution in [1.82, 2.24) is 4.90 Å². The van der Waals surface area contributed by atoms with Gasteiger partial charge in [-0.05, 0) is 42.9 Å². The summed E-state index contributed by atoms with van der Waals surface area (Å²) in [6.07, 6.45) is 10.9. The van der Waals surface area contributed by atoms with Crippen molar-refractivity contribution >= 4 is 28.9 Å². The summed E-state index contributed by atoms with van der Waals surface area (Å²) in [7, 11) is 1.91. The number of allylic oxidation sites excluding steroid dienone is 2. The van der Waals surface area contributed by atoms with Gasteiger partial charge in [0.15, 0.2) is 0 Å². The average molecular weight is 466 g/mol. The average Bonchev–Trinajstić information content (AvgIpc) is 3.33. The lowest BCUT2D eigenvalue weighted by molar-refractivity contribution is -0.384. The van der Waals surface area contributed by atoms with Gasteiger partial charge in [-0.25, -0.2) is 0 Å². The van der Waals surface area contributed by atoms with E-state index in [1.807, 2.05) is 24.1 Å². The van der Waals surface area contributed by atoms with Crippen molar-refractivity contribution < 1.29 is 9.72 Å². The second-order valence-electron chi connectivity index (χ2n) is 9.42. The molecular weight excluding hydrogens is 438 g/mol. The number of rotatable bonds is 4. The van der Waals surface area contributed by atoms with Crippen molar-refractivity contribution in [2.75, 3.05) is 12.4 Å². The van der Waals surface area contributed by atoms with Crippen LogP contribution in [0.3, 0.4) is 0 Å². The lowest BCUT2D eigenvalue weighted by atomic mass is 9.76. The number of hydrogen-bond acceptors (Lipinski definition) is 4. The number of hydrogen-bond donors (Lipinski definition) is 1. The van der Waals surface area contributed by atoms with Gasteiger partial charge in [-0.2, -0.15) is 0 Å². The Morgan fingerprint density at radius 1 is 1.15 bits per heavy atom. The number of nitro groups is 1. The predicted molar refractivity (Wildman–Crippen MR) is 130 cm³/mol. The third kappa shape index (κ3) is 3.90. The SMILES string of the molecule is CN(C(=O)c1cccc2c1NC(c1cc([N+](=O)[O-])ccc1Cl)C1CC=CC21)C1CCCCC1. The van der Waals surface area contributed by atoms with Crippen molar-refractivity contribution in [2.24, 2.45) is 5.92 Å². The van der Waals surface area contributed by atoms with Crippen LogP contribution in [0.1, 0.15) is 72.0 Å². The van der Waals surface area contributed by atoms with E-state index in [4.69, 9.17) is 11.6 Å². The van der Waals surface area contributed by atoms with Gasteiger partial charge in [0.2, 0.25) is 0 Å². The van der Waals surface area contributed by atoms with Gasteiger partial charge in [0.05, 0.1) is 22.2 Å². The lowest BCUT2D eigenvalue weighted by Gasteiger charge is -2.39. The van der Waals surface area contributed by atoms with Crippen molar-refractivity contribution in [3.05, 3.63) is 80.4 Å². The fourth-order valence-corrected chi connectivity index (χ4v) is 6.05. The topological polar surface area (TPSA) is 75.5 Å². The van der Waals surface area contributed by atoms with E-state index in [2.05, 4.69) is 23.5 Å². The number of non-ortho nitro benzene ring substituents is 1. The maximum atomic E-state index is 13.6.